The first kappa shape index (κ1) is 16.9. The quantitative estimate of drug-likeness (QED) is 0.333. The number of carbonyl (C=O) groups excluding carboxylic acids is 2. The minimum absolute atomic E-state index is 0.0430. The second kappa shape index (κ2) is 9.69. The van der Waals surface area contributed by atoms with Gasteiger partial charge in [0, 0.05) is 0 Å². The molecule has 0 heterocycles. The second-order valence-corrected chi connectivity index (χ2v) is 4.02. The zero-order chi connectivity index (χ0) is 15.5. The van der Waals surface area contributed by atoms with E-state index in [1.807, 2.05) is 6.92 Å². The van der Waals surface area contributed by atoms with Gasteiger partial charge in [0.2, 0.25) is 0 Å². The third kappa shape index (κ3) is 6.69. The molecule has 0 aliphatic rings. The second-order valence-electron chi connectivity index (χ2n) is 4.02. The van der Waals surface area contributed by atoms with E-state index in [4.69, 9.17) is 22.1 Å². The average Bonchev–Trinajstić information content (AvgIpc) is 2.46. The SMILES string of the molecule is [B]COC(=O)Oc1ccccc1OC(=O)OCCCCC. The number of hydrogen-bond acceptors (Lipinski definition) is 6. The highest BCUT2D eigenvalue weighted by atomic mass is 16.7. The van der Waals surface area contributed by atoms with E-state index < -0.39 is 12.3 Å². The number of ether oxygens (including phenoxy) is 4. The highest BCUT2D eigenvalue weighted by Crippen LogP contribution is 2.27. The first-order chi connectivity index (χ1) is 10.2. The molecule has 0 aliphatic heterocycles. The Kier molecular flexibility index (Phi) is 7.78. The highest BCUT2D eigenvalue weighted by molar-refractivity contribution is 6.08. The highest BCUT2D eigenvalue weighted by Gasteiger charge is 2.14. The molecule has 2 radical (unpaired) electrons. The number of benzene rings is 1. The standard InChI is InChI=1S/C14H17BO6/c1-2-3-6-9-18-13(16)20-11-7-4-5-8-12(11)21-14(17)19-10-15/h4-5,7-8H,2-3,6,9-10H2,1H3. The predicted octanol–water partition coefficient (Wildman–Crippen LogP) is 3.03. The summed E-state index contributed by atoms with van der Waals surface area (Å²) in [5, 5.41) is 0. The van der Waals surface area contributed by atoms with Crippen LogP contribution in [0.4, 0.5) is 9.59 Å². The van der Waals surface area contributed by atoms with Crippen molar-refractivity contribution in [3.63, 3.8) is 0 Å². The van der Waals surface area contributed by atoms with Crippen molar-refractivity contribution in [3.8, 4) is 11.5 Å². The minimum Gasteiger partial charge on any atom is -0.444 e. The maximum Gasteiger partial charge on any atom is 0.513 e. The number of hydrogen-bond donors (Lipinski definition) is 0. The molecule has 0 unspecified atom stereocenters. The fourth-order valence-electron chi connectivity index (χ4n) is 1.43. The van der Waals surface area contributed by atoms with Gasteiger partial charge in [-0.15, -0.1) is 0 Å². The van der Waals surface area contributed by atoms with E-state index in [-0.39, 0.29) is 24.6 Å². The smallest absolute Gasteiger partial charge is 0.444 e. The Balaban J connectivity index is 2.54. The molecule has 0 atom stereocenters. The van der Waals surface area contributed by atoms with Gasteiger partial charge in [-0.2, -0.15) is 0 Å². The fourth-order valence-corrected chi connectivity index (χ4v) is 1.43. The molecule has 1 aromatic carbocycles. The summed E-state index contributed by atoms with van der Waals surface area (Å²) in [6.45, 7) is 2.03. The van der Waals surface area contributed by atoms with Gasteiger partial charge in [0.1, 0.15) is 7.85 Å². The van der Waals surface area contributed by atoms with E-state index in [1.54, 1.807) is 12.1 Å². The van der Waals surface area contributed by atoms with Crippen molar-refractivity contribution in [2.75, 3.05) is 13.1 Å². The van der Waals surface area contributed by atoms with Gasteiger partial charge in [-0.1, -0.05) is 31.9 Å². The van der Waals surface area contributed by atoms with Crippen molar-refractivity contribution < 1.29 is 28.5 Å². The molecule has 1 rings (SSSR count). The first-order valence-electron chi connectivity index (χ1n) is 6.65. The Morgan fingerprint density at radius 1 is 1.00 bits per heavy atom. The van der Waals surface area contributed by atoms with Crippen LogP contribution in [-0.4, -0.2) is 33.3 Å². The summed E-state index contributed by atoms with van der Waals surface area (Å²) >= 11 is 0. The molecule has 0 aromatic heterocycles. The fraction of sp³-hybridized carbons (Fsp3) is 0.429. The van der Waals surface area contributed by atoms with E-state index in [0.29, 0.717) is 0 Å². The Labute approximate surface area is 124 Å². The Bertz CT molecular complexity index is 463. The summed E-state index contributed by atoms with van der Waals surface area (Å²) in [7, 11) is 5.05. The van der Waals surface area contributed by atoms with Crippen LogP contribution in [0.25, 0.3) is 0 Å². The van der Waals surface area contributed by atoms with Crippen LogP contribution in [0.15, 0.2) is 24.3 Å². The van der Waals surface area contributed by atoms with Crippen LogP contribution in [0, 0.1) is 0 Å². The predicted molar refractivity (Wildman–Crippen MR) is 75.7 cm³/mol. The summed E-state index contributed by atoms with van der Waals surface area (Å²) in [5.74, 6) is 0.105. The van der Waals surface area contributed by atoms with E-state index in [0.717, 1.165) is 19.3 Å². The lowest BCUT2D eigenvalue weighted by molar-refractivity contribution is 0.0927. The maximum absolute atomic E-state index is 11.5. The van der Waals surface area contributed by atoms with E-state index in [9.17, 15) is 9.59 Å². The number of carbonyl (C=O) groups is 2. The van der Waals surface area contributed by atoms with Crippen LogP contribution in [-0.2, 0) is 9.47 Å². The molecular formula is C14H17BO6. The first-order valence-corrected chi connectivity index (χ1v) is 6.65. The molecule has 1 aromatic rings. The summed E-state index contributed by atoms with van der Waals surface area (Å²) in [6, 6.07) is 6.17. The zero-order valence-electron chi connectivity index (χ0n) is 11.9. The van der Waals surface area contributed by atoms with Crippen LogP contribution in [0.5, 0.6) is 11.5 Å². The number of para-hydroxylation sites is 2. The molecule has 21 heavy (non-hydrogen) atoms. The Hall–Kier alpha value is -2.18. The van der Waals surface area contributed by atoms with Crippen LogP contribution < -0.4 is 9.47 Å². The Morgan fingerprint density at radius 2 is 1.57 bits per heavy atom. The molecule has 0 saturated carbocycles. The summed E-state index contributed by atoms with van der Waals surface area (Å²) in [6.07, 6.45) is 0.933. The topological polar surface area (TPSA) is 71.1 Å². The van der Waals surface area contributed by atoms with Gasteiger partial charge in [-0.25, -0.2) is 9.59 Å². The molecule has 0 amide bonds. The van der Waals surface area contributed by atoms with Crippen molar-refractivity contribution in [1.82, 2.24) is 0 Å². The molecule has 0 bridgehead atoms. The largest absolute Gasteiger partial charge is 0.513 e. The van der Waals surface area contributed by atoms with Crippen LogP contribution in [0.2, 0.25) is 0 Å². The normalized spacial score (nSPS) is 9.76. The van der Waals surface area contributed by atoms with Gasteiger partial charge >= 0.3 is 12.3 Å². The van der Waals surface area contributed by atoms with E-state index >= 15 is 0 Å². The van der Waals surface area contributed by atoms with Gasteiger partial charge in [-0.05, 0) is 18.6 Å². The lowest BCUT2D eigenvalue weighted by atomic mass is 10.2. The lowest BCUT2D eigenvalue weighted by Crippen LogP contribution is -2.15. The van der Waals surface area contributed by atoms with Crippen molar-refractivity contribution >= 4 is 20.2 Å². The monoisotopic (exact) mass is 292 g/mol. The van der Waals surface area contributed by atoms with Crippen LogP contribution in [0.3, 0.4) is 0 Å². The molecular weight excluding hydrogens is 275 g/mol. The van der Waals surface area contributed by atoms with Crippen LogP contribution in [0.1, 0.15) is 26.2 Å². The molecule has 0 saturated heterocycles. The molecule has 112 valence electrons. The number of rotatable bonds is 7. The van der Waals surface area contributed by atoms with Gasteiger partial charge in [0.25, 0.3) is 0 Å². The third-order valence-corrected chi connectivity index (χ3v) is 2.40. The summed E-state index contributed by atoms with van der Waals surface area (Å²) in [4.78, 5) is 22.7. The molecule has 0 fully saturated rings. The van der Waals surface area contributed by atoms with Gasteiger partial charge in [0.15, 0.2) is 11.5 Å². The average molecular weight is 292 g/mol. The summed E-state index contributed by atoms with van der Waals surface area (Å²) in [5.41, 5.74) is 0. The van der Waals surface area contributed by atoms with E-state index in [1.165, 1.54) is 12.1 Å². The van der Waals surface area contributed by atoms with Crippen molar-refractivity contribution in [2.24, 2.45) is 0 Å². The van der Waals surface area contributed by atoms with E-state index in [2.05, 4.69) is 4.74 Å². The Morgan fingerprint density at radius 3 is 2.10 bits per heavy atom. The van der Waals surface area contributed by atoms with Crippen LogP contribution >= 0.6 is 0 Å². The van der Waals surface area contributed by atoms with Gasteiger partial charge < -0.3 is 18.9 Å². The lowest BCUT2D eigenvalue weighted by Gasteiger charge is -2.10. The van der Waals surface area contributed by atoms with Crippen molar-refractivity contribution in [1.29, 1.82) is 0 Å². The maximum atomic E-state index is 11.5. The van der Waals surface area contributed by atoms with Gasteiger partial charge in [-0.3, -0.25) is 0 Å². The molecule has 0 N–H and O–H groups in total. The molecule has 0 spiro atoms. The van der Waals surface area contributed by atoms with Crippen molar-refractivity contribution in [3.05, 3.63) is 24.3 Å². The van der Waals surface area contributed by atoms with Crippen molar-refractivity contribution in [2.45, 2.75) is 26.2 Å². The van der Waals surface area contributed by atoms with Gasteiger partial charge in [0.05, 0.1) is 13.1 Å². The number of unbranched alkanes of at least 4 members (excludes halogenated alkanes) is 2. The molecule has 6 nitrogen and oxygen atoms in total. The zero-order valence-corrected chi connectivity index (χ0v) is 11.9. The molecule has 0 aliphatic carbocycles. The minimum atomic E-state index is -0.982. The third-order valence-electron chi connectivity index (χ3n) is 2.40. The molecule has 7 heteroatoms. The summed E-state index contributed by atoms with van der Waals surface area (Å²) < 4.78 is 19.2.